The van der Waals surface area contributed by atoms with E-state index in [4.69, 9.17) is 10.8 Å². The average molecular weight is 335 g/mol. The summed E-state index contributed by atoms with van der Waals surface area (Å²) in [6, 6.07) is 10.3. The van der Waals surface area contributed by atoms with E-state index in [0.29, 0.717) is 5.82 Å². The van der Waals surface area contributed by atoms with E-state index in [9.17, 15) is 0 Å². The molecular formula is C19H21N5O. The summed E-state index contributed by atoms with van der Waals surface area (Å²) < 4.78 is 2.28. The fraction of sp³-hybridized carbons (Fsp3) is 0.263. The Morgan fingerprint density at radius 3 is 2.80 bits per heavy atom. The van der Waals surface area contributed by atoms with Crippen LogP contribution < -0.4 is 5.73 Å². The summed E-state index contributed by atoms with van der Waals surface area (Å²) in [7, 11) is 0. The van der Waals surface area contributed by atoms with E-state index in [-0.39, 0.29) is 6.61 Å². The van der Waals surface area contributed by atoms with Crippen molar-refractivity contribution in [2.75, 3.05) is 12.3 Å². The number of fused-ring (bicyclic) bond motifs is 3. The number of nitrogens with zero attached hydrogens (tertiary/aromatic N) is 3. The number of rotatable bonds is 5. The van der Waals surface area contributed by atoms with Crippen molar-refractivity contribution in [1.82, 2.24) is 19.7 Å². The van der Waals surface area contributed by atoms with Crippen molar-refractivity contribution in [2.24, 2.45) is 0 Å². The molecule has 1 aromatic carbocycles. The van der Waals surface area contributed by atoms with Crippen molar-refractivity contribution in [3.05, 3.63) is 42.2 Å². The fourth-order valence-electron chi connectivity index (χ4n) is 3.51. The molecule has 0 saturated carbocycles. The number of benzene rings is 1. The van der Waals surface area contributed by atoms with Gasteiger partial charge in [0.05, 0.1) is 16.7 Å². The highest BCUT2D eigenvalue weighted by Gasteiger charge is 2.15. The van der Waals surface area contributed by atoms with Crippen LogP contribution in [0.3, 0.4) is 0 Å². The van der Waals surface area contributed by atoms with Gasteiger partial charge in [0.25, 0.3) is 0 Å². The fourth-order valence-corrected chi connectivity index (χ4v) is 3.51. The van der Waals surface area contributed by atoms with Gasteiger partial charge in [-0.05, 0) is 38.0 Å². The summed E-state index contributed by atoms with van der Waals surface area (Å²) in [4.78, 5) is 4.62. The van der Waals surface area contributed by atoms with Gasteiger partial charge in [-0.15, -0.1) is 0 Å². The molecule has 0 spiro atoms. The van der Waals surface area contributed by atoms with E-state index in [0.717, 1.165) is 52.4 Å². The second kappa shape index (κ2) is 6.22. The number of H-pyrrole nitrogens is 1. The third-order valence-corrected chi connectivity index (χ3v) is 4.67. The van der Waals surface area contributed by atoms with E-state index in [2.05, 4.69) is 44.9 Å². The van der Waals surface area contributed by atoms with E-state index in [1.54, 1.807) is 6.20 Å². The van der Waals surface area contributed by atoms with E-state index >= 15 is 0 Å². The first-order chi connectivity index (χ1) is 12.2. The van der Waals surface area contributed by atoms with Crippen molar-refractivity contribution in [3.63, 3.8) is 0 Å². The van der Waals surface area contributed by atoms with E-state index < -0.39 is 0 Å². The molecule has 0 aliphatic heterocycles. The van der Waals surface area contributed by atoms with Crippen molar-refractivity contribution in [3.8, 4) is 11.3 Å². The molecule has 0 bridgehead atoms. The average Bonchev–Trinajstić information content (AvgIpc) is 3.27. The Labute approximate surface area is 145 Å². The lowest BCUT2D eigenvalue weighted by atomic mass is 10.1. The number of aryl methyl sites for hydroxylation is 2. The predicted octanol–water partition coefficient (Wildman–Crippen LogP) is 3.11. The van der Waals surface area contributed by atoms with Crippen molar-refractivity contribution in [2.45, 2.75) is 26.3 Å². The number of nitrogens with one attached hydrogen (secondary N) is 1. The molecule has 6 heteroatoms. The highest BCUT2D eigenvalue weighted by molar-refractivity contribution is 6.09. The van der Waals surface area contributed by atoms with Crippen molar-refractivity contribution >= 4 is 27.6 Å². The van der Waals surface area contributed by atoms with Gasteiger partial charge in [-0.1, -0.05) is 12.1 Å². The number of nitrogen functional groups attached to an aromatic ring is 1. The Hall–Kier alpha value is -2.86. The minimum absolute atomic E-state index is 0.188. The number of nitrogens with two attached hydrogens (primary N) is 1. The molecule has 0 unspecified atom stereocenters. The molecule has 0 saturated heterocycles. The Morgan fingerprint density at radius 2 is 2.08 bits per heavy atom. The number of anilines is 1. The third kappa shape index (κ3) is 2.55. The number of aromatic amines is 1. The largest absolute Gasteiger partial charge is 0.396 e. The van der Waals surface area contributed by atoms with Gasteiger partial charge in [0.1, 0.15) is 5.82 Å². The lowest BCUT2D eigenvalue weighted by Crippen LogP contribution is -2.02. The Kier molecular flexibility index (Phi) is 3.89. The van der Waals surface area contributed by atoms with Crippen LogP contribution in [0.1, 0.15) is 19.0 Å². The van der Waals surface area contributed by atoms with Gasteiger partial charge in [0, 0.05) is 41.4 Å². The van der Waals surface area contributed by atoms with Gasteiger partial charge in [0.2, 0.25) is 0 Å². The lowest BCUT2D eigenvalue weighted by molar-refractivity contribution is 0.287. The van der Waals surface area contributed by atoms with Crippen LogP contribution in [-0.2, 0) is 13.0 Å². The molecule has 0 aliphatic carbocycles. The van der Waals surface area contributed by atoms with Crippen LogP contribution in [0.5, 0.6) is 0 Å². The number of aliphatic hydroxyl groups excluding tert-OH is 1. The number of pyridine rings is 1. The maximum absolute atomic E-state index is 9.16. The van der Waals surface area contributed by atoms with E-state index in [1.165, 1.54) is 5.69 Å². The predicted molar refractivity (Wildman–Crippen MR) is 100 cm³/mol. The molecular weight excluding hydrogens is 314 g/mol. The minimum Gasteiger partial charge on any atom is -0.396 e. The maximum atomic E-state index is 9.16. The first kappa shape index (κ1) is 15.7. The summed E-state index contributed by atoms with van der Waals surface area (Å²) in [6.07, 6.45) is 3.30. The standard InChI is InChI=1S/C19H21N5O/c1-2-24-13(4-3-9-25)11-15-18(24)14-6-5-12(16-7-8-21-23-16)10-17(14)22-19(15)20/h5-8,10-11,25H,2-4,9H2,1H3,(H2,20,22)(H,21,23). The van der Waals surface area contributed by atoms with Crippen LogP contribution in [0, 0.1) is 0 Å². The highest BCUT2D eigenvalue weighted by atomic mass is 16.2. The van der Waals surface area contributed by atoms with Gasteiger partial charge in [-0.25, -0.2) is 4.98 Å². The highest BCUT2D eigenvalue weighted by Crippen LogP contribution is 2.33. The SMILES string of the molecule is CCn1c(CCCO)cc2c(N)nc3cc(-c4ccn[nH]4)ccc3c21. The van der Waals surface area contributed by atoms with Crippen LogP contribution >= 0.6 is 0 Å². The number of aromatic nitrogens is 4. The first-order valence-electron chi connectivity index (χ1n) is 8.55. The van der Waals surface area contributed by atoms with Gasteiger partial charge in [-0.3, -0.25) is 5.10 Å². The van der Waals surface area contributed by atoms with Crippen LogP contribution in [0.4, 0.5) is 5.82 Å². The number of aliphatic hydroxyl groups is 1. The molecule has 0 aliphatic rings. The zero-order valence-electron chi connectivity index (χ0n) is 14.2. The number of hydrogen-bond acceptors (Lipinski definition) is 4. The van der Waals surface area contributed by atoms with Gasteiger partial charge < -0.3 is 15.4 Å². The quantitative estimate of drug-likeness (QED) is 0.522. The molecule has 0 fully saturated rings. The maximum Gasteiger partial charge on any atom is 0.133 e. The third-order valence-electron chi connectivity index (χ3n) is 4.67. The van der Waals surface area contributed by atoms with Gasteiger partial charge >= 0.3 is 0 Å². The van der Waals surface area contributed by atoms with Crippen molar-refractivity contribution in [1.29, 1.82) is 0 Å². The summed E-state index contributed by atoms with van der Waals surface area (Å²) >= 11 is 0. The summed E-state index contributed by atoms with van der Waals surface area (Å²) in [5.74, 6) is 0.543. The lowest BCUT2D eigenvalue weighted by Gasteiger charge is -2.10. The topological polar surface area (TPSA) is 92.8 Å². The summed E-state index contributed by atoms with van der Waals surface area (Å²) in [5, 5.41) is 18.2. The molecule has 4 rings (SSSR count). The molecule has 0 amide bonds. The van der Waals surface area contributed by atoms with Crippen molar-refractivity contribution < 1.29 is 5.11 Å². The minimum atomic E-state index is 0.188. The second-order valence-electron chi connectivity index (χ2n) is 6.17. The Bertz CT molecular complexity index is 1030. The molecule has 4 N–H and O–H groups in total. The Balaban J connectivity index is 1.97. The molecule has 128 valence electrons. The Morgan fingerprint density at radius 1 is 1.20 bits per heavy atom. The molecule has 3 heterocycles. The molecule has 3 aromatic heterocycles. The molecule has 4 aromatic rings. The van der Waals surface area contributed by atoms with Crippen LogP contribution in [0.25, 0.3) is 33.1 Å². The molecule has 25 heavy (non-hydrogen) atoms. The molecule has 0 atom stereocenters. The summed E-state index contributed by atoms with van der Waals surface area (Å²) in [6.45, 7) is 3.17. The van der Waals surface area contributed by atoms with Crippen LogP contribution in [0.15, 0.2) is 36.5 Å². The van der Waals surface area contributed by atoms with Crippen LogP contribution in [-0.4, -0.2) is 31.5 Å². The molecule has 0 radical (unpaired) electrons. The number of hydrogen-bond donors (Lipinski definition) is 3. The van der Waals surface area contributed by atoms with Gasteiger partial charge in [-0.2, -0.15) is 5.10 Å². The van der Waals surface area contributed by atoms with Gasteiger partial charge in [0.15, 0.2) is 0 Å². The molecule has 6 nitrogen and oxygen atoms in total. The summed E-state index contributed by atoms with van der Waals surface area (Å²) in [5.41, 5.74) is 11.4. The van der Waals surface area contributed by atoms with Crippen LogP contribution in [0.2, 0.25) is 0 Å². The normalized spacial score (nSPS) is 11.6. The monoisotopic (exact) mass is 335 g/mol. The zero-order chi connectivity index (χ0) is 17.4. The van der Waals surface area contributed by atoms with E-state index in [1.807, 2.05) is 12.1 Å². The smallest absolute Gasteiger partial charge is 0.133 e. The second-order valence-corrected chi connectivity index (χ2v) is 6.17. The first-order valence-corrected chi connectivity index (χ1v) is 8.55. The zero-order valence-corrected chi connectivity index (χ0v) is 14.2.